The molecule has 0 N–H and O–H groups in total. The second kappa shape index (κ2) is 8.13. The van der Waals surface area contributed by atoms with Crippen LogP contribution in [0, 0.1) is 5.92 Å². The van der Waals surface area contributed by atoms with Crippen LogP contribution >= 0.6 is 22.7 Å². The summed E-state index contributed by atoms with van der Waals surface area (Å²) in [6, 6.07) is 8.10. The van der Waals surface area contributed by atoms with Crippen LogP contribution in [0.1, 0.15) is 54.7 Å². The minimum Gasteiger partial charge on any atom is -0.465 e. The minimum absolute atomic E-state index is 0.114. The number of allylic oxidation sites excluding steroid dienone is 2. The summed E-state index contributed by atoms with van der Waals surface area (Å²) in [6.45, 7) is 4.25. The average molecular weight is 414 g/mol. The van der Waals surface area contributed by atoms with Gasteiger partial charge in [0.25, 0.3) is 0 Å². The van der Waals surface area contributed by atoms with Gasteiger partial charge in [0.05, 0.1) is 6.61 Å². The molecule has 1 aliphatic heterocycles. The van der Waals surface area contributed by atoms with Gasteiger partial charge in [-0.1, -0.05) is 19.1 Å². The number of rotatable bonds is 5. The van der Waals surface area contributed by atoms with Crippen molar-refractivity contribution in [1.82, 2.24) is 0 Å². The molecule has 0 saturated heterocycles. The van der Waals surface area contributed by atoms with E-state index in [1.54, 1.807) is 22.7 Å². The van der Waals surface area contributed by atoms with Crippen molar-refractivity contribution in [2.45, 2.75) is 44.9 Å². The first kappa shape index (κ1) is 19.3. The largest absolute Gasteiger partial charge is 0.465 e. The number of aliphatic imine (C=N–C) groups is 1. The van der Waals surface area contributed by atoms with Gasteiger partial charge in [-0.05, 0) is 42.7 Å². The summed E-state index contributed by atoms with van der Waals surface area (Å²) < 4.78 is 5.48. The Morgan fingerprint density at radius 3 is 2.54 bits per heavy atom. The summed E-state index contributed by atoms with van der Waals surface area (Å²) in [7, 11) is 0. The van der Waals surface area contributed by atoms with Crippen LogP contribution in [-0.2, 0) is 14.3 Å². The number of hydrogen-bond acceptors (Lipinski definition) is 6. The molecule has 1 unspecified atom stereocenters. The Morgan fingerprint density at radius 2 is 1.89 bits per heavy atom. The molecule has 4 nitrogen and oxygen atoms in total. The van der Waals surface area contributed by atoms with E-state index in [1.165, 1.54) is 4.88 Å². The molecule has 3 heterocycles. The van der Waals surface area contributed by atoms with Gasteiger partial charge >= 0.3 is 5.97 Å². The summed E-state index contributed by atoms with van der Waals surface area (Å²) in [4.78, 5) is 33.2. The van der Waals surface area contributed by atoms with Crippen molar-refractivity contribution in [1.29, 1.82) is 0 Å². The maximum Gasteiger partial charge on any atom is 0.315 e. The van der Waals surface area contributed by atoms with E-state index in [0.717, 1.165) is 34.7 Å². The summed E-state index contributed by atoms with van der Waals surface area (Å²) in [5.74, 6) is -0.793. The molecule has 28 heavy (non-hydrogen) atoms. The van der Waals surface area contributed by atoms with Gasteiger partial charge in [0, 0.05) is 45.0 Å². The molecule has 2 aromatic heterocycles. The van der Waals surface area contributed by atoms with Crippen LogP contribution < -0.4 is 0 Å². The molecule has 0 radical (unpaired) electrons. The predicted molar refractivity (Wildman–Crippen MR) is 113 cm³/mol. The number of hydrogen-bond donors (Lipinski definition) is 0. The summed E-state index contributed by atoms with van der Waals surface area (Å²) in [5.41, 5.74) is 2.32. The second-order valence-corrected chi connectivity index (χ2v) is 9.25. The van der Waals surface area contributed by atoms with Crippen LogP contribution in [0.5, 0.6) is 0 Å². The van der Waals surface area contributed by atoms with Gasteiger partial charge in [-0.2, -0.15) is 0 Å². The summed E-state index contributed by atoms with van der Waals surface area (Å²) in [6.07, 6.45) is 2.00. The monoisotopic (exact) mass is 413 g/mol. The molecule has 0 spiro atoms. The Hall–Kier alpha value is -2.05. The predicted octanol–water partition coefficient (Wildman–Crippen LogP) is 5.34. The van der Waals surface area contributed by atoms with E-state index < -0.39 is 5.92 Å². The van der Waals surface area contributed by atoms with Crippen LogP contribution in [0.15, 0.2) is 51.3 Å². The Bertz CT molecular complexity index is 925. The van der Waals surface area contributed by atoms with Gasteiger partial charge in [-0.25, -0.2) is 0 Å². The first-order chi connectivity index (χ1) is 13.6. The summed E-state index contributed by atoms with van der Waals surface area (Å²) in [5, 5.41) is 4.04. The third-order valence-corrected chi connectivity index (χ3v) is 7.38. The molecule has 0 bridgehead atoms. The number of ketones is 1. The highest BCUT2D eigenvalue weighted by Gasteiger charge is 2.45. The molecule has 0 amide bonds. The lowest BCUT2D eigenvalue weighted by Gasteiger charge is -2.35. The van der Waals surface area contributed by atoms with Gasteiger partial charge in [0.15, 0.2) is 5.78 Å². The molecule has 2 aromatic rings. The molecule has 3 atom stereocenters. The SMILES string of the molecule is CCCOC(=O)C1C(C)=NC2=C(C(=O)C[C@H](c3cccs3)C2)[C@@H]1c1cccs1. The second-order valence-electron chi connectivity index (χ2n) is 7.30. The lowest BCUT2D eigenvalue weighted by Crippen LogP contribution is -2.37. The fourth-order valence-corrected chi connectivity index (χ4v) is 5.86. The smallest absolute Gasteiger partial charge is 0.315 e. The van der Waals surface area contributed by atoms with E-state index in [9.17, 15) is 9.59 Å². The van der Waals surface area contributed by atoms with Crippen LogP contribution in [0.4, 0.5) is 0 Å². The fourth-order valence-electron chi connectivity index (χ4n) is 4.16. The van der Waals surface area contributed by atoms with Gasteiger partial charge < -0.3 is 4.74 Å². The maximum atomic E-state index is 13.3. The van der Waals surface area contributed by atoms with Crippen LogP contribution in [0.2, 0.25) is 0 Å². The molecule has 1 aliphatic carbocycles. The Balaban J connectivity index is 1.75. The van der Waals surface area contributed by atoms with Crippen molar-refractivity contribution in [3.8, 4) is 0 Å². The molecular formula is C22H23NO3S2. The van der Waals surface area contributed by atoms with E-state index in [-0.39, 0.29) is 23.6 Å². The van der Waals surface area contributed by atoms with E-state index in [1.807, 2.05) is 42.8 Å². The van der Waals surface area contributed by atoms with Crippen molar-refractivity contribution in [3.05, 3.63) is 56.1 Å². The fraction of sp³-hybridized carbons (Fsp3) is 0.409. The molecule has 0 fully saturated rings. The van der Waals surface area contributed by atoms with E-state index in [2.05, 4.69) is 6.07 Å². The van der Waals surface area contributed by atoms with Crippen molar-refractivity contribution in [3.63, 3.8) is 0 Å². The molecule has 0 aromatic carbocycles. The highest BCUT2D eigenvalue weighted by Crippen LogP contribution is 2.48. The maximum absolute atomic E-state index is 13.3. The van der Waals surface area contributed by atoms with Crippen molar-refractivity contribution >= 4 is 40.1 Å². The first-order valence-corrected chi connectivity index (χ1v) is 11.4. The molecule has 2 aliphatic rings. The Kier molecular flexibility index (Phi) is 5.60. The van der Waals surface area contributed by atoms with Gasteiger partial charge in [-0.15, -0.1) is 22.7 Å². The number of ether oxygens (including phenoxy) is 1. The van der Waals surface area contributed by atoms with E-state index >= 15 is 0 Å². The van der Waals surface area contributed by atoms with Crippen molar-refractivity contribution in [2.75, 3.05) is 6.61 Å². The molecule has 6 heteroatoms. The normalized spacial score (nSPS) is 24.7. The van der Waals surface area contributed by atoms with E-state index in [0.29, 0.717) is 13.0 Å². The number of carbonyl (C=O) groups excluding carboxylic acids is 2. The third-order valence-electron chi connectivity index (χ3n) is 5.39. The highest BCUT2D eigenvalue weighted by molar-refractivity contribution is 7.10. The van der Waals surface area contributed by atoms with Gasteiger partial charge in [0.2, 0.25) is 0 Å². The average Bonchev–Trinajstić information content (AvgIpc) is 3.38. The standard InChI is InChI=1S/C22H23NO3S2/c1-3-8-26-22(25)19-13(2)23-15-11-14(17-6-4-9-27-17)12-16(24)20(15)21(19)18-7-5-10-28-18/h4-7,9-10,14,19,21H,3,8,11-12H2,1-2H3/t14-,19?,21-/m1/s1. The number of esters is 1. The molecule has 0 saturated carbocycles. The quantitative estimate of drug-likeness (QED) is 0.622. The molecule has 146 valence electrons. The number of nitrogens with zero attached hydrogens (tertiary/aromatic N) is 1. The highest BCUT2D eigenvalue weighted by atomic mass is 32.1. The number of thiophene rings is 2. The number of Topliss-reactive ketones (excluding diaryl/α,β-unsaturated/α-hetero) is 1. The Labute approximate surface area is 173 Å². The molecular weight excluding hydrogens is 390 g/mol. The van der Waals surface area contributed by atoms with Gasteiger partial charge in [0.1, 0.15) is 5.92 Å². The minimum atomic E-state index is -0.522. The number of carbonyl (C=O) groups is 2. The topological polar surface area (TPSA) is 55.7 Å². The zero-order valence-corrected chi connectivity index (χ0v) is 17.6. The zero-order chi connectivity index (χ0) is 19.7. The zero-order valence-electron chi connectivity index (χ0n) is 16.0. The van der Waals surface area contributed by atoms with Crippen LogP contribution in [0.25, 0.3) is 0 Å². The van der Waals surface area contributed by atoms with Crippen molar-refractivity contribution < 1.29 is 14.3 Å². The van der Waals surface area contributed by atoms with E-state index in [4.69, 9.17) is 9.73 Å². The van der Waals surface area contributed by atoms with Crippen molar-refractivity contribution in [2.24, 2.45) is 10.9 Å². The first-order valence-electron chi connectivity index (χ1n) is 9.65. The lowest BCUT2D eigenvalue weighted by atomic mass is 9.72. The van der Waals surface area contributed by atoms with Crippen LogP contribution in [0.3, 0.4) is 0 Å². The Morgan fingerprint density at radius 1 is 1.18 bits per heavy atom. The van der Waals surface area contributed by atoms with Gasteiger partial charge in [-0.3, -0.25) is 14.6 Å². The third kappa shape index (κ3) is 3.51. The summed E-state index contributed by atoms with van der Waals surface area (Å²) >= 11 is 3.28. The van der Waals surface area contributed by atoms with Crippen LogP contribution in [-0.4, -0.2) is 24.1 Å². The molecule has 4 rings (SSSR count). The lowest BCUT2D eigenvalue weighted by molar-refractivity contribution is -0.146.